The summed E-state index contributed by atoms with van der Waals surface area (Å²) in [6, 6.07) is 5.26. The van der Waals surface area contributed by atoms with Crippen LogP contribution in [0.4, 0.5) is 0 Å². The van der Waals surface area contributed by atoms with Crippen LogP contribution in [-0.4, -0.2) is 4.98 Å². The van der Waals surface area contributed by atoms with Crippen molar-refractivity contribution in [3.63, 3.8) is 0 Å². The third-order valence-electron chi connectivity index (χ3n) is 1.01. The summed E-state index contributed by atoms with van der Waals surface area (Å²) in [5.41, 5.74) is 0.841. The van der Waals surface area contributed by atoms with E-state index in [0.29, 0.717) is 5.88 Å². The van der Waals surface area contributed by atoms with Crippen LogP contribution in [0.5, 0.6) is 5.88 Å². The molecule has 0 fully saturated rings. The van der Waals surface area contributed by atoms with Crippen LogP contribution >= 0.6 is 0 Å². The zero-order valence-electron chi connectivity index (χ0n) is 5.53. The topological polar surface area (TPSA) is 45.9 Å². The molecule has 0 amide bonds. The second-order valence-corrected chi connectivity index (χ2v) is 1.81. The van der Waals surface area contributed by atoms with Gasteiger partial charge in [-0.1, -0.05) is 6.07 Å². The van der Waals surface area contributed by atoms with Crippen molar-refractivity contribution in [3.05, 3.63) is 23.9 Å². The molecule has 0 atom stereocenters. The van der Waals surface area contributed by atoms with Crippen molar-refractivity contribution in [2.45, 2.75) is 6.92 Å². The molecule has 1 heterocycles. The molecule has 3 nitrogen and oxygen atoms in total. The Morgan fingerprint density at radius 3 is 3.00 bits per heavy atom. The summed E-state index contributed by atoms with van der Waals surface area (Å²) < 4.78 is 4.48. The van der Waals surface area contributed by atoms with Gasteiger partial charge in [0.2, 0.25) is 5.88 Å². The molecular formula is C7H6N2O. The predicted octanol–water partition coefficient (Wildman–Crippen LogP) is 1.25. The highest BCUT2D eigenvalue weighted by molar-refractivity contribution is 5.15. The van der Waals surface area contributed by atoms with E-state index in [1.165, 1.54) is 0 Å². The molecule has 0 radical (unpaired) electrons. The molecule has 0 saturated carbocycles. The third kappa shape index (κ3) is 1.46. The van der Waals surface area contributed by atoms with E-state index in [1.807, 2.05) is 13.0 Å². The minimum Gasteiger partial charge on any atom is -0.367 e. The van der Waals surface area contributed by atoms with Crippen LogP contribution in [0.15, 0.2) is 18.2 Å². The molecule has 1 aromatic heterocycles. The predicted molar refractivity (Wildman–Crippen MR) is 35.2 cm³/mol. The van der Waals surface area contributed by atoms with E-state index >= 15 is 0 Å². The molecule has 50 valence electrons. The number of nitriles is 1. The molecule has 0 aliphatic rings. The molecular weight excluding hydrogens is 128 g/mol. The average molecular weight is 134 g/mol. The highest BCUT2D eigenvalue weighted by Gasteiger charge is 1.91. The fourth-order valence-electron chi connectivity index (χ4n) is 0.622. The molecule has 1 aromatic rings. The van der Waals surface area contributed by atoms with Gasteiger partial charge in [0, 0.05) is 11.8 Å². The number of ether oxygens (including phenoxy) is 1. The van der Waals surface area contributed by atoms with Crippen LogP contribution in [0.3, 0.4) is 0 Å². The molecule has 0 aliphatic heterocycles. The van der Waals surface area contributed by atoms with E-state index in [0.717, 1.165) is 5.69 Å². The normalized spacial score (nSPS) is 8.40. The van der Waals surface area contributed by atoms with Gasteiger partial charge in [-0.2, -0.15) is 0 Å². The first-order valence-electron chi connectivity index (χ1n) is 2.82. The van der Waals surface area contributed by atoms with E-state index < -0.39 is 0 Å². The summed E-state index contributed by atoms with van der Waals surface area (Å²) in [6.45, 7) is 1.84. The summed E-state index contributed by atoms with van der Waals surface area (Å²) in [5.74, 6) is 0.350. The van der Waals surface area contributed by atoms with Crippen molar-refractivity contribution < 1.29 is 4.74 Å². The van der Waals surface area contributed by atoms with Gasteiger partial charge in [-0.3, -0.25) is 0 Å². The molecule has 10 heavy (non-hydrogen) atoms. The summed E-state index contributed by atoms with van der Waals surface area (Å²) in [6.07, 6.45) is 1.55. The summed E-state index contributed by atoms with van der Waals surface area (Å²) in [5, 5.41) is 8.10. The molecule has 3 heteroatoms. The quantitative estimate of drug-likeness (QED) is 0.543. The second kappa shape index (κ2) is 2.83. The van der Waals surface area contributed by atoms with Gasteiger partial charge in [-0.05, 0) is 13.0 Å². The van der Waals surface area contributed by atoms with Crippen LogP contribution in [0.1, 0.15) is 5.69 Å². The first kappa shape index (κ1) is 6.56. The Bertz CT molecular complexity index is 265. The van der Waals surface area contributed by atoms with Crippen molar-refractivity contribution in [1.82, 2.24) is 4.98 Å². The van der Waals surface area contributed by atoms with Crippen LogP contribution < -0.4 is 4.74 Å². The fraction of sp³-hybridized carbons (Fsp3) is 0.143. The maximum atomic E-state index is 8.10. The molecule has 0 unspecified atom stereocenters. The average Bonchev–Trinajstić information content (AvgIpc) is 1.88. The summed E-state index contributed by atoms with van der Waals surface area (Å²) in [4.78, 5) is 3.92. The van der Waals surface area contributed by atoms with Gasteiger partial charge in [-0.25, -0.2) is 4.98 Å². The highest BCUT2D eigenvalue weighted by Crippen LogP contribution is 2.04. The lowest BCUT2D eigenvalue weighted by atomic mass is 10.4. The zero-order chi connectivity index (χ0) is 7.40. The Labute approximate surface area is 58.9 Å². The van der Waals surface area contributed by atoms with Crippen molar-refractivity contribution >= 4 is 0 Å². The van der Waals surface area contributed by atoms with Crippen LogP contribution in [0.25, 0.3) is 0 Å². The Morgan fingerprint density at radius 2 is 2.40 bits per heavy atom. The number of aryl methyl sites for hydroxylation is 1. The fourth-order valence-corrected chi connectivity index (χ4v) is 0.622. The Kier molecular flexibility index (Phi) is 1.86. The number of nitrogens with zero attached hydrogens (tertiary/aromatic N) is 2. The monoisotopic (exact) mass is 134 g/mol. The van der Waals surface area contributed by atoms with Gasteiger partial charge in [0.1, 0.15) is 0 Å². The van der Waals surface area contributed by atoms with E-state index in [-0.39, 0.29) is 0 Å². The molecule has 0 saturated heterocycles. The van der Waals surface area contributed by atoms with Gasteiger partial charge in [0.25, 0.3) is 6.26 Å². The minimum absolute atomic E-state index is 0.350. The lowest BCUT2D eigenvalue weighted by Gasteiger charge is -1.93. The van der Waals surface area contributed by atoms with E-state index in [9.17, 15) is 0 Å². The molecule has 0 aromatic carbocycles. The lowest BCUT2D eigenvalue weighted by molar-refractivity contribution is 0.485. The largest absolute Gasteiger partial charge is 0.367 e. The molecule has 0 aliphatic carbocycles. The van der Waals surface area contributed by atoms with Crippen molar-refractivity contribution in [2.75, 3.05) is 0 Å². The van der Waals surface area contributed by atoms with Crippen LogP contribution in [0, 0.1) is 18.4 Å². The van der Waals surface area contributed by atoms with Gasteiger partial charge in [0.05, 0.1) is 0 Å². The van der Waals surface area contributed by atoms with Crippen LogP contribution in [-0.2, 0) is 0 Å². The van der Waals surface area contributed by atoms with Gasteiger partial charge in [0.15, 0.2) is 0 Å². The van der Waals surface area contributed by atoms with Crippen molar-refractivity contribution in [1.29, 1.82) is 5.26 Å². The second-order valence-electron chi connectivity index (χ2n) is 1.81. The Balaban J connectivity index is 2.87. The zero-order valence-corrected chi connectivity index (χ0v) is 5.53. The number of hydrogen-bond acceptors (Lipinski definition) is 3. The van der Waals surface area contributed by atoms with Crippen molar-refractivity contribution in [2.24, 2.45) is 0 Å². The number of aromatic nitrogens is 1. The van der Waals surface area contributed by atoms with Gasteiger partial charge >= 0.3 is 0 Å². The standard InChI is InChI=1S/C7H6N2O/c1-6-3-2-4-7(9-6)10-5-8/h2-4H,1H3. The molecule has 0 N–H and O–H groups in total. The van der Waals surface area contributed by atoms with E-state index in [1.54, 1.807) is 18.4 Å². The minimum atomic E-state index is 0.350. The maximum absolute atomic E-state index is 8.10. The Hall–Kier alpha value is -1.56. The maximum Gasteiger partial charge on any atom is 0.293 e. The smallest absolute Gasteiger partial charge is 0.293 e. The van der Waals surface area contributed by atoms with Crippen molar-refractivity contribution in [3.8, 4) is 12.1 Å². The first-order valence-corrected chi connectivity index (χ1v) is 2.82. The van der Waals surface area contributed by atoms with Crippen LogP contribution in [0.2, 0.25) is 0 Å². The van der Waals surface area contributed by atoms with E-state index in [2.05, 4.69) is 9.72 Å². The highest BCUT2D eigenvalue weighted by atomic mass is 16.5. The number of hydrogen-bond donors (Lipinski definition) is 0. The summed E-state index contributed by atoms with van der Waals surface area (Å²) >= 11 is 0. The third-order valence-corrected chi connectivity index (χ3v) is 1.01. The molecule has 0 bridgehead atoms. The SMILES string of the molecule is Cc1cccc(OC#N)n1. The van der Waals surface area contributed by atoms with Gasteiger partial charge < -0.3 is 4.74 Å². The number of pyridine rings is 1. The summed E-state index contributed by atoms with van der Waals surface area (Å²) in [7, 11) is 0. The van der Waals surface area contributed by atoms with E-state index in [4.69, 9.17) is 5.26 Å². The number of rotatable bonds is 1. The Morgan fingerprint density at radius 1 is 1.60 bits per heavy atom. The lowest BCUT2D eigenvalue weighted by Crippen LogP contribution is -1.87. The molecule has 0 spiro atoms. The first-order chi connectivity index (χ1) is 4.83. The molecule has 1 rings (SSSR count). The van der Waals surface area contributed by atoms with Gasteiger partial charge in [-0.15, -0.1) is 5.26 Å².